The fourth-order valence-corrected chi connectivity index (χ4v) is 1.66. The summed E-state index contributed by atoms with van der Waals surface area (Å²) in [7, 11) is -1.79. The lowest BCUT2D eigenvalue weighted by atomic mass is 10.2. The summed E-state index contributed by atoms with van der Waals surface area (Å²) < 4.78 is 20.1. The monoisotopic (exact) mass is 269 g/mol. The molecule has 0 aromatic rings. The Morgan fingerprint density at radius 3 is 1.88 bits per heavy atom. The van der Waals surface area contributed by atoms with Gasteiger partial charge in [-0.1, -0.05) is 0 Å². The highest BCUT2D eigenvalue weighted by atomic mass is 31.1. The predicted molar refractivity (Wildman–Crippen MR) is 69.4 cm³/mol. The Kier molecular flexibility index (Phi) is 17.9. The average Bonchev–Trinajstić information content (AvgIpc) is 2.25. The summed E-state index contributed by atoms with van der Waals surface area (Å²) in [5.74, 6) is 0. The van der Waals surface area contributed by atoms with Gasteiger partial charge in [0.1, 0.15) is 13.2 Å². The van der Waals surface area contributed by atoms with Crippen molar-refractivity contribution in [1.29, 1.82) is 0 Å². The molecule has 17 heavy (non-hydrogen) atoms. The second-order valence-corrected chi connectivity index (χ2v) is 4.24. The first-order chi connectivity index (χ1) is 7.81. The first-order valence-corrected chi connectivity index (χ1v) is 6.74. The van der Waals surface area contributed by atoms with Crippen molar-refractivity contribution >= 4 is 8.25 Å². The standard InChI is InChI=1S/C5H10O3P.C4H13N3.H3N/c6-9-7-4-2-1-3-5-8-9;5-1-3-7-4-2-6;/h1-5H2;7H,1-6H2;1H3/q+1;;. The molecule has 0 bridgehead atoms. The van der Waals surface area contributed by atoms with Gasteiger partial charge in [-0.25, -0.2) is 0 Å². The van der Waals surface area contributed by atoms with E-state index < -0.39 is 8.25 Å². The van der Waals surface area contributed by atoms with Crippen molar-refractivity contribution in [1.82, 2.24) is 11.5 Å². The summed E-state index contributed by atoms with van der Waals surface area (Å²) >= 11 is 0. The van der Waals surface area contributed by atoms with Crippen LogP contribution in [0.5, 0.6) is 0 Å². The molecule has 1 aliphatic rings. The predicted octanol–water partition coefficient (Wildman–Crippen LogP) is 0.516. The minimum absolute atomic E-state index is 0. The van der Waals surface area contributed by atoms with Gasteiger partial charge in [0.05, 0.1) is 0 Å². The normalized spacial score (nSPS) is 16.0. The van der Waals surface area contributed by atoms with Gasteiger partial charge in [-0.15, -0.1) is 9.05 Å². The van der Waals surface area contributed by atoms with Crippen LogP contribution < -0.4 is 22.9 Å². The summed E-state index contributed by atoms with van der Waals surface area (Å²) in [6, 6.07) is 0. The van der Waals surface area contributed by atoms with E-state index in [9.17, 15) is 4.57 Å². The van der Waals surface area contributed by atoms with Gasteiger partial charge in [0, 0.05) is 30.7 Å². The Balaban J connectivity index is 0. The highest BCUT2D eigenvalue weighted by Gasteiger charge is 2.20. The van der Waals surface area contributed by atoms with E-state index in [1.807, 2.05) is 0 Å². The Morgan fingerprint density at radius 2 is 1.47 bits per heavy atom. The van der Waals surface area contributed by atoms with E-state index in [1.165, 1.54) is 0 Å². The molecule has 1 heterocycles. The van der Waals surface area contributed by atoms with Crippen molar-refractivity contribution in [3.63, 3.8) is 0 Å². The van der Waals surface area contributed by atoms with Crippen molar-refractivity contribution in [2.45, 2.75) is 19.3 Å². The minimum Gasteiger partial charge on any atom is -0.344 e. The zero-order valence-electron chi connectivity index (χ0n) is 10.4. The zero-order chi connectivity index (χ0) is 12.1. The number of hydrogen-bond donors (Lipinski definition) is 4. The lowest BCUT2D eigenvalue weighted by Crippen LogP contribution is -2.27. The molecule has 0 saturated carbocycles. The van der Waals surface area contributed by atoms with Crippen LogP contribution in [0.3, 0.4) is 0 Å². The van der Waals surface area contributed by atoms with Crippen LogP contribution in [0.15, 0.2) is 0 Å². The maximum Gasteiger partial charge on any atom is 0.697 e. The van der Waals surface area contributed by atoms with Gasteiger partial charge in [0.25, 0.3) is 0 Å². The molecule has 0 atom stereocenters. The molecular weight excluding hydrogens is 243 g/mol. The molecule has 0 spiro atoms. The lowest BCUT2D eigenvalue weighted by Gasteiger charge is -1.97. The van der Waals surface area contributed by atoms with Crippen LogP contribution in [0.2, 0.25) is 0 Å². The fraction of sp³-hybridized carbons (Fsp3) is 1.00. The van der Waals surface area contributed by atoms with Crippen LogP contribution in [0.4, 0.5) is 0 Å². The molecule has 0 aliphatic carbocycles. The van der Waals surface area contributed by atoms with E-state index in [-0.39, 0.29) is 6.15 Å². The summed E-state index contributed by atoms with van der Waals surface area (Å²) in [5.41, 5.74) is 10.3. The van der Waals surface area contributed by atoms with Gasteiger partial charge in [-0.05, 0) is 19.3 Å². The van der Waals surface area contributed by atoms with E-state index in [1.54, 1.807) is 0 Å². The van der Waals surface area contributed by atoms with E-state index in [0.717, 1.165) is 32.4 Å². The summed E-state index contributed by atoms with van der Waals surface area (Å²) in [6.45, 7) is 4.29. The Hall–Kier alpha value is -0.140. The molecule has 1 aliphatic heterocycles. The number of nitrogens with two attached hydrogens (primary N) is 2. The Bertz CT molecular complexity index is 160. The van der Waals surface area contributed by atoms with Gasteiger partial charge in [-0.3, -0.25) is 0 Å². The number of nitrogens with one attached hydrogen (secondary N) is 1. The smallest absolute Gasteiger partial charge is 0.344 e. The maximum absolute atomic E-state index is 10.5. The summed E-state index contributed by atoms with van der Waals surface area (Å²) in [5, 5.41) is 3.03. The molecule has 0 amide bonds. The van der Waals surface area contributed by atoms with Gasteiger partial charge < -0.3 is 22.9 Å². The highest BCUT2D eigenvalue weighted by molar-refractivity contribution is 7.33. The van der Waals surface area contributed by atoms with Gasteiger partial charge in [0.15, 0.2) is 0 Å². The molecule has 0 aromatic carbocycles. The van der Waals surface area contributed by atoms with Crippen molar-refractivity contribution in [2.24, 2.45) is 11.5 Å². The number of rotatable bonds is 4. The minimum atomic E-state index is -1.79. The van der Waals surface area contributed by atoms with Crippen molar-refractivity contribution in [3.8, 4) is 0 Å². The molecule has 0 unspecified atom stereocenters. The van der Waals surface area contributed by atoms with E-state index in [0.29, 0.717) is 26.3 Å². The SMILES string of the molecule is N.NCCNCCN.O=[P+]1OCCCCCO1. The topological polar surface area (TPSA) is 135 Å². The second kappa shape index (κ2) is 15.9. The molecule has 0 aromatic heterocycles. The third kappa shape index (κ3) is 15.9. The summed E-state index contributed by atoms with van der Waals surface area (Å²) in [6.07, 6.45) is 3.12. The third-order valence-corrected chi connectivity index (χ3v) is 2.61. The average molecular weight is 269 g/mol. The molecule has 7 nitrogen and oxygen atoms in total. The van der Waals surface area contributed by atoms with Crippen molar-refractivity contribution < 1.29 is 13.6 Å². The van der Waals surface area contributed by atoms with E-state index in [4.69, 9.17) is 20.5 Å². The van der Waals surface area contributed by atoms with Crippen molar-refractivity contribution in [2.75, 3.05) is 39.4 Å². The van der Waals surface area contributed by atoms with Crippen LogP contribution in [0.1, 0.15) is 19.3 Å². The molecular formula is C9H26N4O3P+. The van der Waals surface area contributed by atoms with Crippen LogP contribution >= 0.6 is 8.25 Å². The Morgan fingerprint density at radius 1 is 1.00 bits per heavy atom. The summed E-state index contributed by atoms with van der Waals surface area (Å²) in [4.78, 5) is 0. The van der Waals surface area contributed by atoms with Gasteiger partial charge in [0.2, 0.25) is 0 Å². The first kappa shape index (κ1) is 19.2. The van der Waals surface area contributed by atoms with Gasteiger partial charge >= 0.3 is 8.25 Å². The zero-order valence-corrected chi connectivity index (χ0v) is 11.3. The molecule has 1 fully saturated rings. The molecule has 0 radical (unpaired) electrons. The van der Waals surface area contributed by atoms with E-state index in [2.05, 4.69) is 5.32 Å². The van der Waals surface area contributed by atoms with Crippen LogP contribution in [0, 0.1) is 0 Å². The Labute approximate surface area is 104 Å². The lowest BCUT2D eigenvalue weighted by molar-refractivity contribution is 0.198. The highest BCUT2D eigenvalue weighted by Crippen LogP contribution is 2.26. The number of hydrogen-bond acceptors (Lipinski definition) is 7. The van der Waals surface area contributed by atoms with Crippen molar-refractivity contribution in [3.05, 3.63) is 0 Å². The van der Waals surface area contributed by atoms with Crippen LogP contribution in [-0.2, 0) is 13.6 Å². The van der Waals surface area contributed by atoms with E-state index >= 15 is 0 Å². The molecule has 104 valence electrons. The van der Waals surface area contributed by atoms with Crippen LogP contribution in [0.25, 0.3) is 0 Å². The maximum atomic E-state index is 10.5. The third-order valence-electron chi connectivity index (χ3n) is 1.82. The fourth-order valence-electron chi connectivity index (χ4n) is 1.03. The molecule has 1 rings (SSSR count). The molecule has 1 saturated heterocycles. The van der Waals surface area contributed by atoms with Gasteiger partial charge in [-0.2, -0.15) is 0 Å². The molecule has 8 N–H and O–H groups in total. The molecule has 8 heteroatoms. The first-order valence-electron chi connectivity index (χ1n) is 5.65. The quantitative estimate of drug-likeness (QED) is 0.431. The second-order valence-electron chi connectivity index (χ2n) is 3.28. The largest absolute Gasteiger partial charge is 0.697 e. The van der Waals surface area contributed by atoms with Crippen LogP contribution in [-0.4, -0.2) is 39.4 Å².